The summed E-state index contributed by atoms with van der Waals surface area (Å²) in [4.78, 5) is 35.1. The van der Waals surface area contributed by atoms with E-state index in [1.54, 1.807) is 24.4 Å². The highest BCUT2D eigenvalue weighted by Gasteiger charge is 2.24. The summed E-state index contributed by atoms with van der Waals surface area (Å²) in [5.74, 6) is -1.46. The minimum atomic E-state index is -0.767. The van der Waals surface area contributed by atoms with E-state index >= 15 is 0 Å². The number of ether oxygens (including phenoxy) is 1. The summed E-state index contributed by atoms with van der Waals surface area (Å²) in [6, 6.07) is 7.54. The second-order valence-corrected chi connectivity index (χ2v) is 6.31. The summed E-state index contributed by atoms with van der Waals surface area (Å²) < 4.78 is 6.63. The fraction of sp³-hybridized carbons (Fsp3) is 0.176. The highest BCUT2D eigenvalue weighted by molar-refractivity contribution is 7.17. The topological polar surface area (TPSA) is 112 Å². The number of pyridine rings is 1. The summed E-state index contributed by atoms with van der Waals surface area (Å²) in [6.07, 6.45) is 0. The van der Waals surface area contributed by atoms with Crippen LogP contribution in [0.25, 0.3) is 10.2 Å². The maximum absolute atomic E-state index is 12.6. The van der Waals surface area contributed by atoms with Crippen LogP contribution in [0.2, 0.25) is 0 Å². The number of aromatic nitrogens is 1. The molecule has 0 spiro atoms. The first kappa shape index (κ1) is 17.6. The minimum absolute atomic E-state index is 0.0183. The first-order valence-electron chi connectivity index (χ1n) is 7.67. The van der Waals surface area contributed by atoms with E-state index in [0.717, 1.165) is 0 Å². The van der Waals surface area contributed by atoms with Crippen molar-refractivity contribution in [1.82, 2.24) is 4.57 Å². The molecular formula is C17H14N2O6S. The second kappa shape index (κ2) is 6.96. The maximum atomic E-state index is 12.6. The average Bonchev–Trinajstić information content (AvgIpc) is 3.08. The molecule has 0 atom stereocenters. The lowest BCUT2D eigenvalue weighted by molar-refractivity contribution is -0.384. The Balaban J connectivity index is 2.15. The molecule has 1 N–H and O–H groups in total. The van der Waals surface area contributed by atoms with Gasteiger partial charge in [0.05, 0.1) is 28.3 Å². The number of rotatable bonds is 5. The van der Waals surface area contributed by atoms with Crippen LogP contribution in [-0.2, 0) is 11.3 Å². The molecule has 0 unspecified atom stereocenters. The number of hydrogen-bond acceptors (Lipinski definition) is 7. The van der Waals surface area contributed by atoms with Crippen LogP contribution in [-0.4, -0.2) is 27.2 Å². The van der Waals surface area contributed by atoms with Crippen molar-refractivity contribution in [2.75, 3.05) is 6.61 Å². The van der Waals surface area contributed by atoms with Crippen molar-refractivity contribution < 1.29 is 19.6 Å². The Morgan fingerprint density at radius 3 is 2.85 bits per heavy atom. The minimum Gasteiger partial charge on any atom is -0.502 e. The van der Waals surface area contributed by atoms with Gasteiger partial charge in [-0.25, -0.2) is 4.79 Å². The molecule has 9 heteroatoms. The number of esters is 1. The molecule has 0 aliphatic heterocycles. The van der Waals surface area contributed by atoms with Crippen molar-refractivity contribution in [3.8, 4) is 5.75 Å². The highest BCUT2D eigenvalue weighted by atomic mass is 32.1. The van der Waals surface area contributed by atoms with Crippen LogP contribution in [0.3, 0.4) is 0 Å². The Labute approximate surface area is 151 Å². The van der Waals surface area contributed by atoms with Crippen LogP contribution in [0.5, 0.6) is 5.75 Å². The number of hydrogen-bond donors (Lipinski definition) is 1. The average molecular weight is 374 g/mol. The molecule has 0 saturated carbocycles. The molecule has 3 rings (SSSR count). The molecule has 1 aromatic carbocycles. The van der Waals surface area contributed by atoms with E-state index < -0.39 is 22.2 Å². The lowest BCUT2D eigenvalue weighted by Gasteiger charge is -2.12. The number of fused-ring (bicyclic) bond motifs is 1. The van der Waals surface area contributed by atoms with E-state index in [1.807, 2.05) is 0 Å². The van der Waals surface area contributed by atoms with Gasteiger partial charge in [-0.3, -0.25) is 19.5 Å². The number of nitro benzene ring substituents is 1. The number of non-ortho nitro benzene ring substituents is 1. The molecule has 0 amide bonds. The number of aromatic hydroxyl groups is 1. The Morgan fingerprint density at radius 1 is 1.38 bits per heavy atom. The van der Waals surface area contributed by atoms with Gasteiger partial charge in [-0.2, -0.15) is 0 Å². The van der Waals surface area contributed by atoms with E-state index in [9.17, 15) is 24.8 Å². The first-order valence-corrected chi connectivity index (χ1v) is 8.55. The van der Waals surface area contributed by atoms with Crippen LogP contribution in [0, 0.1) is 10.1 Å². The first-order chi connectivity index (χ1) is 12.4. The Kier molecular flexibility index (Phi) is 4.72. The van der Waals surface area contributed by atoms with E-state index in [1.165, 1.54) is 34.1 Å². The third-order valence-electron chi connectivity index (χ3n) is 3.79. The molecule has 8 nitrogen and oxygen atoms in total. The van der Waals surface area contributed by atoms with E-state index in [-0.39, 0.29) is 24.4 Å². The fourth-order valence-corrected chi connectivity index (χ4v) is 3.58. The van der Waals surface area contributed by atoms with Gasteiger partial charge in [0.25, 0.3) is 11.2 Å². The Bertz CT molecular complexity index is 1070. The lowest BCUT2D eigenvalue weighted by Crippen LogP contribution is -2.23. The van der Waals surface area contributed by atoms with E-state index in [2.05, 4.69) is 0 Å². The van der Waals surface area contributed by atoms with E-state index in [4.69, 9.17) is 4.74 Å². The summed E-state index contributed by atoms with van der Waals surface area (Å²) in [7, 11) is 0. The molecule has 0 aliphatic rings. The van der Waals surface area contributed by atoms with Gasteiger partial charge in [0.2, 0.25) is 0 Å². The standard InChI is InChI=1S/C17H14N2O6S/c1-2-25-17(22)13-14(20)16(21)18(12-6-7-26-15(12)13)9-10-4-3-5-11(8-10)19(23)24/h3-8,20H,2,9H2,1H3. The third kappa shape index (κ3) is 3.04. The van der Waals surface area contributed by atoms with Crippen molar-refractivity contribution in [1.29, 1.82) is 0 Å². The molecule has 0 bridgehead atoms. The molecule has 0 fully saturated rings. The highest BCUT2D eigenvalue weighted by Crippen LogP contribution is 2.30. The lowest BCUT2D eigenvalue weighted by atomic mass is 10.1. The van der Waals surface area contributed by atoms with Crippen LogP contribution in [0.1, 0.15) is 22.8 Å². The van der Waals surface area contributed by atoms with Crippen LogP contribution in [0.4, 0.5) is 5.69 Å². The molecule has 0 saturated heterocycles. The van der Waals surface area contributed by atoms with Crippen LogP contribution < -0.4 is 5.56 Å². The largest absolute Gasteiger partial charge is 0.502 e. The predicted octanol–water partition coefficient (Wildman–Crippen LogP) is 2.90. The molecule has 0 aliphatic carbocycles. The third-order valence-corrected chi connectivity index (χ3v) is 4.71. The fourth-order valence-electron chi connectivity index (χ4n) is 2.65. The SMILES string of the molecule is CCOC(=O)c1c(O)c(=O)n(Cc2cccc([N+](=O)[O-])c2)c2ccsc12. The van der Waals surface area contributed by atoms with Gasteiger partial charge in [0.1, 0.15) is 5.56 Å². The van der Waals surface area contributed by atoms with Gasteiger partial charge in [0.15, 0.2) is 5.75 Å². The number of thiophene rings is 1. The molecule has 2 heterocycles. The molecule has 2 aromatic heterocycles. The van der Waals surface area contributed by atoms with Crippen molar-refractivity contribution in [2.24, 2.45) is 0 Å². The van der Waals surface area contributed by atoms with E-state index in [0.29, 0.717) is 15.8 Å². The van der Waals surface area contributed by atoms with Gasteiger partial charge in [-0.15, -0.1) is 11.3 Å². The predicted molar refractivity (Wildman–Crippen MR) is 95.9 cm³/mol. The van der Waals surface area contributed by atoms with Crippen LogP contribution >= 0.6 is 11.3 Å². The summed E-state index contributed by atoms with van der Waals surface area (Å²) in [5, 5.41) is 22.9. The smallest absolute Gasteiger partial charge is 0.343 e. The zero-order chi connectivity index (χ0) is 18.8. The molecule has 26 heavy (non-hydrogen) atoms. The zero-order valence-electron chi connectivity index (χ0n) is 13.7. The van der Waals surface area contributed by atoms with Gasteiger partial charge in [-0.05, 0) is 23.9 Å². The zero-order valence-corrected chi connectivity index (χ0v) is 14.5. The van der Waals surface area contributed by atoms with Gasteiger partial charge >= 0.3 is 5.97 Å². The van der Waals surface area contributed by atoms with Crippen molar-refractivity contribution in [3.63, 3.8) is 0 Å². The number of carbonyl (C=O) groups excluding carboxylic acids is 1. The quantitative estimate of drug-likeness (QED) is 0.417. The number of nitro groups is 1. The van der Waals surface area contributed by atoms with Gasteiger partial charge in [0, 0.05) is 12.1 Å². The summed E-state index contributed by atoms with van der Waals surface area (Å²) >= 11 is 1.19. The van der Waals surface area contributed by atoms with Gasteiger partial charge in [-0.1, -0.05) is 12.1 Å². The van der Waals surface area contributed by atoms with Crippen LogP contribution in [0.15, 0.2) is 40.5 Å². The monoisotopic (exact) mass is 374 g/mol. The second-order valence-electron chi connectivity index (χ2n) is 5.40. The summed E-state index contributed by atoms with van der Waals surface area (Å²) in [5.41, 5.74) is -0.0310. The Hall–Kier alpha value is -3.20. The molecule has 0 radical (unpaired) electrons. The molecular weight excluding hydrogens is 360 g/mol. The van der Waals surface area contributed by atoms with Gasteiger partial charge < -0.3 is 9.84 Å². The Morgan fingerprint density at radius 2 is 2.15 bits per heavy atom. The number of carbonyl (C=O) groups is 1. The van der Waals surface area contributed by atoms with Crippen molar-refractivity contribution >= 4 is 33.2 Å². The normalized spacial score (nSPS) is 10.8. The number of nitrogens with zero attached hydrogens (tertiary/aromatic N) is 2. The molecule has 3 aromatic rings. The number of benzene rings is 1. The van der Waals surface area contributed by atoms with Crippen molar-refractivity contribution in [3.05, 3.63) is 67.3 Å². The van der Waals surface area contributed by atoms with Crippen molar-refractivity contribution in [2.45, 2.75) is 13.5 Å². The summed E-state index contributed by atoms with van der Waals surface area (Å²) in [6.45, 7) is 1.76. The molecule has 134 valence electrons. The maximum Gasteiger partial charge on any atom is 0.343 e.